The number of aromatic nitrogens is 2. The third-order valence-corrected chi connectivity index (χ3v) is 8.31. The van der Waals surface area contributed by atoms with Crippen molar-refractivity contribution in [3.05, 3.63) is 115 Å². The number of hydrogen-bond acceptors (Lipinski definition) is 7. The quantitative estimate of drug-likeness (QED) is 0.275. The average Bonchev–Trinajstić information content (AvgIpc) is 3.53. The van der Waals surface area contributed by atoms with Crippen molar-refractivity contribution in [2.75, 3.05) is 20.8 Å². The van der Waals surface area contributed by atoms with E-state index in [2.05, 4.69) is 4.98 Å². The fourth-order valence-corrected chi connectivity index (χ4v) is 6.44. The number of nitrogens with one attached hydrogen (secondary N) is 1. The van der Waals surface area contributed by atoms with Gasteiger partial charge in [-0.25, -0.2) is 9.79 Å². The van der Waals surface area contributed by atoms with Crippen molar-refractivity contribution in [3.8, 4) is 22.8 Å². The highest BCUT2D eigenvalue weighted by Crippen LogP contribution is 2.36. The number of rotatable bonds is 7. The number of ether oxygens (including phenoxy) is 3. The van der Waals surface area contributed by atoms with Crippen LogP contribution in [0.2, 0.25) is 0 Å². The fourth-order valence-electron chi connectivity index (χ4n) is 5.41. The second-order valence-corrected chi connectivity index (χ2v) is 10.8. The van der Waals surface area contributed by atoms with Crippen molar-refractivity contribution in [2.45, 2.75) is 19.9 Å². The van der Waals surface area contributed by atoms with Gasteiger partial charge in [-0.15, -0.1) is 0 Å². The van der Waals surface area contributed by atoms with Crippen LogP contribution in [0.4, 0.5) is 0 Å². The molecule has 8 nitrogen and oxygen atoms in total. The molecule has 3 aromatic carbocycles. The molecular weight excluding hydrogens is 550 g/mol. The molecule has 0 spiro atoms. The number of thiazole rings is 1. The lowest BCUT2D eigenvalue weighted by Crippen LogP contribution is -2.40. The second-order valence-electron chi connectivity index (χ2n) is 9.74. The number of nitrogens with zero attached hydrogens (tertiary/aromatic N) is 2. The second kappa shape index (κ2) is 11.2. The summed E-state index contributed by atoms with van der Waals surface area (Å²) in [6, 6.07) is 22.7. The van der Waals surface area contributed by atoms with E-state index in [9.17, 15) is 9.59 Å². The molecule has 0 aliphatic carbocycles. The van der Waals surface area contributed by atoms with Gasteiger partial charge < -0.3 is 19.2 Å². The van der Waals surface area contributed by atoms with Gasteiger partial charge in [0.05, 0.1) is 48.4 Å². The summed E-state index contributed by atoms with van der Waals surface area (Å²) in [4.78, 5) is 36.3. The predicted octanol–water partition coefficient (Wildman–Crippen LogP) is 4.96. The molecule has 0 saturated heterocycles. The maximum Gasteiger partial charge on any atom is 0.338 e. The Kier molecular flexibility index (Phi) is 7.26. The Morgan fingerprint density at radius 1 is 1.02 bits per heavy atom. The molecule has 3 heterocycles. The monoisotopic (exact) mass is 579 g/mol. The van der Waals surface area contributed by atoms with E-state index in [1.54, 1.807) is 44.8 Å². The fraction of sp³-hybridized carbons (Fsp3) is 0.182. The van der Waals surface area contributed by atoms with Crippen LogP contribution < -0.4 is 24.4 Å². The van der Waals surface area contributed by atoms with Gasteiger partial charge in [-0.2, -0.15) is 0 Å². The maximum absolute atomic E-state index is 14.3. The van der Waals surface area contributed by atoms with Crippen LogP contribution in [-0.4, -0.2) is 36.3 Å². The third-order valence-electron chi connectivity index (χ3n) is 7.32. The molecule has 5 aromatic rings. The summed E-state index contributed by atoms with van der Waals surface area (Å²) in [7, 11) is 3.11. The van der Waals surface area contributed by atoms with Gasteiger partial charge in [-0.3, -0.25) is 9.36 Å². The van der Waals surface area contributed by atoms with Crippen molar-refractivity contribution in [3.63, 3.8) is 0 Å². The van der Waals surface area contributed by atoms with Gasteiger partial charge in [0.25, 0.3) is 5.56 Å². The molecule has 1 atom stereocenters. The third kappa shape index (κ3) is 4.61. The zero-order valence-electron chi connectivity index (χ0n) is 23.6. The summed E-state index contributed by atoms with van der Waals surface area (Å²) in [5.41, 5.74) is 5.04. The molecule has 212 valence electrons. The van der Waals surface area contributed by atoms with Crippen LogP contribution in [0.1, 0.15) is 31.0 Å². The number of carbonyl (C=O) groups excluding carboxylic acids is 1. The van der Waals surface area contributed by atoms with Crippen molar-refractivity contribution >= 4 is 34.3 Å². The van der Waals surface area contributed by atoms with E-state index in [1.807, 2.05) is 66.7 Å². The zero-order valence-corrected chi connectivity index (χ0v) is 24.5. The number of carbonyl (C=O) groups is 1. The van der Waals surface area contributed by atoms with E-state index in [4.69, 9.17) is 19.2 Å². The molecule has 1 aliphatic heterocycles. The molecule has 1 N–H and O–H groups in total. The Morgan fingerprint density at radius 3 is 2.50 bits per heavy atom. The highest BCUT2D eigenvalue weighted by atomic mass is 32.1. The Morgan fingerprint density at radius 2 is 1.76 bits per heavy atom. The summed E-state index contributed by atoms with van der Waals surface area (Å²) < 4.78 is 18.5. The number of hydrogen-bond donors (Lipinski definition) is 1. The predicted molar refractivity (Wildman–Crippen MR) is 164 cm³/mol. The number of H-pyrrole nitrogens is 1. The van der Waals surface area contributed by atoms with Gasteiger partial charge in [0, 0.05) is 16.5 Å². The molecule has 6 rings (SSSR count). The number of allylic oxidation sites excluding steroid dienone is 1. The largest absolute Gasteiger partial charge is 0.493 e. The van der Waals surface area contributed by atoms with Crippen molar-refractivity contribution in [1.82, 2.24) is 9.55 Å². The minimum Gasteiger partial charge on any atom is -0.493 e. The van der Waals surface area contributed by atoms with E-state index in [0.29, 0.717) is 37.7 Å². The van der Waals surface area contributed by atoms with Gasteiger partial charge in [0.15, 0.2) is 16.3 Å². The molecule has 2 aromatic heterocycles. The summed E-state index contributed by atoms with van der Waals surface area (Å²) >= 11 is 1.29. The lowest BCUT2D eigenvalue weighted by atomic mass is 9.95. The Hall–Kier alpha value is -4.89. The van der Waals surface area contributed by atoms with Crippen LogP contribution in [0.15, 0.2) is 93.9 Å². The number of esters is 1. The number of aromatic amines is 1. The Labute approximate surface area is 245 Å². The van der Waals surface area contributed by atoms with E-state index < -0.39 is 12.0 Å². The van der Waals surface area contributed by atoms with Crippen LogP contribution in [0.25, 0.3) is 28.2 Å². The molecule has 0 unspecified atom stereocenters. The summed E-state index contributed by atoms with van der Waals surface area (Å²) in [5.74, 6) is 0.511. The summed E-state index contributed by atoms with van der Waals surface area (Å²) in [6.45, 7) is 3.71. The zero-order chi connectivity index (χ0) is 29.4. The van der Waals surface area contributed by atoms with Crippen molar-refractivity contribution in [2.24, 2.45) is 4.99 Å². The lowest BCUT2D eigenvalue weighted by Gasteiger charge is -2.25. The molecule has 0 fully saturated rings. The van der Waals surface area contributed by atoms with E-state index >= 15 is 0 Å². The highest BCUT2D eigenvalue weighted by molar-refractivity contribution is 7.07. The van der Waals surface area contributed by atoms with E-state index in [0.717, 1.165) is 27.7 Å². The molecular formula is C33H29N3O5S. The van der Waals surface area contributed by atoms with Crippen LogP contribution in [0.5, 0.6) is 11.5 Å². The molecule has 1 aliphatic rings. The van der Waals surface area contributed by atoms with Crippen LogP contribution >= 0.6 is 11.3 Å². The van der Waals surface area contributed by atoms with Gasteiger partial charge in [0.1, 0.15) is 0 Å². The lowest BCUT2D eigenvalue weighted by molar-refractivity contribution is -0.139. The highest BCUT2D eigenvalue weighted by Gasteiger charge is 2.34. The minimum absolute atomic E-state index is 0.196. The molecule has 42 heavy (non-hydrogen) atoms. The molecule has 0 amide bonds. The first kappa shape index (κ1) is 27.3. The Balaban J connectivity index is 1.61. The first-order chi connectivity index (χ1) is 20.4. The van der Waals surface area contributed by atoms with Gasteiger partial charge in [-0.05, 0) is 49.2 Å². The van der Waals surface area contributed by atoms with Crippen LogP contribution in [0, 0.1) is 0 Å². The standard InChI is InChI=1S/C33H29N3O5S/c1-5-41-32(38)28-19(2)34-33-36(30(28)21-15-16-25(39-3)26(17-21)40-4)31(37)27(42-33)18-23-22-13-9-10-14-24(22)35-29(23)20-11-7-6-8-12-20/h6-18,30,35H,5H2,1-4H3/b27-18-/t30-/m1/s1. The van der Waals surface area contributed by atoms with Gasteiger partial charge in [-0.1, -0.05) is 65.9 Å². The number of fused-ring (bicyclic) bond motifs is 2. The first-order valence-corrected chi connectivity index (χ1v) is 14.3. The van der Waals surface area contributed by atoms with Crippen molar-refractivity contribution in [1.29, 1.82) is 0 Å². The van der Waals surface area contributed by atoms with Crippen LogP contribution in [-0.2, 0) is 9.53 Å². The van der Waals surface area contributed by atoms with Crippen molar-refractivity contribution < 1.29 is 19.0 Å². The molecule has 0 radical (unpaired) electrons. The summed E-state index contributed by atoms with van der Waals surface area (Å²) in [6.07, 6.45) is 1.92. The van der Waals surface area contributed by atoms with Crippen LogP contribution in [0.3, 0.4) is 0 Å². The smallest absolute Gasteiger partial charge is 0.338 e. The average molecular weight is 580 g/mol. The number of benzene rings is 3. The first-order valence-electron chi connectivity index (χ1n) is 13.5. The van der Waals surface area contributed by atoms with Gasteiger partial charge in [0.2, 0.25) is 0 Å². The van der Waals surface area contributed by atoms with E-state index in [1.165, 1.54) is 11.3 Å². The molecule has 0 bridgehead atoms. The van der Waals surface area contributed by atoms with E-state index in [-0.39, 0.29) is 12.2 Å². The SMILES string of the molecule is CCOC(=O)C1=C(C)N=c2s/c(=C\c3c(-c4ccccc4)[nH]c4ccccc34)c(=O)n2[C@@H]1c1ccc(OC)c(OC)c1. The number of methoxy groups -OCH3 is 2. The number of para-hydroxylation sites is 1. The normalized spacial score (nSPS) is 15.0. The maximum atomic E-state index is 14.3. The summed E-state index contributed by atoms with van der Waals surface area (Å²) in [5, 5.41) is 1.00. The molecule has 0 saturated carbocycles. The molecule has 9 heteroatoms. The minimum atomic E-state index is -0.765. The van der Waals surface area contributed by atoms with Gasteiger partial charge >= 0.3 is 5.97 Å². The topological polar surface area (TPSA) is 94.9 Å². The Bertz CT molecular complexity index is 2040.